The van der Waals surface area contributed by atoms with E-state index in [2.05, 4.69) is 17.5 Å². The molecule has 1 saturated heterocycles. The number of amides is 1. The fourth-order valence-electron chi connectivity index (χ4n) is 2.69. The van der Waals surface area contributed by atoms with Crippen molar-refractivity contribution in [1.82, 2.24) is 9.73 Å². The molecule has 1 fully saturated rings. The fraction of sp³-hybridized carbons (Fsp3) is 0.529. The molecule has 1 amide bonds. The molecule has 24 heavy (non-hydrogen) atoms. The summed E-state index contributed by atoms with van der Waals surface area (Å²) in [6.07, 6.45) is 3.95. The number of nitrogens with zero attached hydrogens (tertiary/aromatic N) is 2. The van der Waals surface area contributed by atoms with Crippen LogP contribution >= 0.6 is 0 Å². The summed E-state index contributed by atoms with van der Waals surface area (Å²) in [4.78, 5) is 12.2. The quantitative estimate of drug-likeness (QED) is 0.626. The number of hydrogen-bond acceptors (Lipinski definition) is 4. The van der Waals surface area contributed by atoms with Crippen LogP contribution in [0.5, 0.6) is 0 Å². The number of carbonyl (C=O) groups is 1. The van der Waals surface area contributed by atoms with E-state index >= 15 is 0 Å². The minimum absolute atomic E-state index is 0.0627. The predicted molar refractivity (Wildman–Crippen MR) is 95.3 cm³/mol. The maximum Gasteiger partial charge on any atom is 0.244 e. The third-order valence-electron chi connectivity index (χ3n) is 4.29. The molecular weight excluding hydrogens is 326 g/mol. The van der Waals surface area contributed by atoms with Gasteiger partial charge in [-0.15, -0.1) is 0 Å². The molecule has 0 saturated carbocycles. The summed E-state index contributed by atoms with van der Waals surface area (Å²) in [7, 11) is -3.24. The zero-order valence-corrected chi connectivity index (χ0v) is 15.1. The van der Waals surface area contributed by atoms with E-state index in [0.717, 1.165) is 12.0 Å². The number of piperidine rings is 1. The molecule has 0 bridgehead atoms. The molecule has 1 aliphatic heterocycles. The summed E-state index contributed by atoms with van der Waals surface area (Å²) in [5.41, 5.74) is 4.68. The lowest BCUT2D eigenvalue weighted by Crippen LogP contribution is -2.45. The van der Waals surface area contributed by atoms with Crippen molar-refractivity contribution in [2.24, 2.45) is 11.0 Å². The second-order valence-electron chi connectivity index (χ2n) is 5.93. The molecule has 0 aromatic heterocycles. The first-order valence-corrected chi connectivity index (χ1v) is 9.97. The van der Waals surface area contributed by atoms with Gasteiger partial charge in [0.25, 0.3) is 0 Å². The van der Waals surface area contributed by atoms with E-state index in [9.17, 15) is 13.2 Å². The van der Waals surface area contributed by atoms with Crippen molar-refractivity contribution < 1.29 is 13.2 Å². The van der Waals surface area contributed by atoms with Crippen LogP contribution in [0.2, 0.25) is 0 Å². The molecule has 1 unspecified atom stereocenters. The highest BCUT2D eigenvalue weighted by Gasteiger charge is 2.31. The Bertz CT molecular complexity index is 684. The predicted octanol–water partition coefficient (Wildman–Crippen LogP) is 1.76. The van der Waals surface area contributed by atoms with Crippen molar-refractivity contribution in [3.05, 3.63) is 35.4 Å². The standard InChI is InChI=1S/C17H25N3O3S/c1-3-14-7-9-15(10-8-14)12-18-19-17(21)16-6-5-11-20(13-16)24(22,23)4-2/h7-10,12,16H,3-6,11,13H2,1-2H3,(H,19,21). The SMILES string of the molecule is CCc1ccc(C=NNC(=O)C2CCCN(S(=O)(=O)CC)C2)cc1. The zero-order valence-electron chi connectivity index (χ0n) is 14.2. The summed E-state index contributed by atoms with van der Waals surface area (Å²) >= 11 is 0. The number of hydrogen-bond donors (Lipinski definition) is 1. The molecule has 1 heterocycles. The van der Waals surface area contributed by atoms with Gasteiger partial charge in [0.1, 0.15) is 0 Å². The molecule has 132 valence electrons. The molecule has 2 rings (SSSR count). The van der Waals surface area contributed by atoms with Crippen LogP contribution in [0.4, 0.5) is 0 Å². The van der Waals surface area contributed by atoms with Gasteiger partial charge in [-0.1, -0.05) is 31.2 Å². The number of carbonyl (C=O) groups excluding carboxylic acids is 1. The largest absolute Gasteiger partial charge is 0.273 e. The Morgan fingerprint density at radius 3 is 2.67 bits per heavy atom. The smallest absolute Gasteiger partial charge is 0.244 e. The van der Waals surface area contributed by atoms with Crippen molar-refractivity contribution in [3.63, 3.8) is 0 Å². The van der Waals surface area contributed by atoms with E-state index in [4.69, 9.17) is 0 Å². The van der Waals surface area contributed by atoms with Gasteiger partial charge >= 0.3 is 0 Å². The van der Waals surface area contributed by atoms with Crippen molar-refractivity contribution in [2.75, 3.05) is 18.8 Å². The summed E-state index contributed by atoms with van der Waals surface area (Å²) in [6, 6.07) is 7.95. The van der Waals surface area contributed by atoms with Gasteiger partial charge in [0.2, 0.25) is 15.9 Å². The van der Waals surface area contributed by atoms with Crippen LogP contribution in [0.1, 0.15) is 37.8 Å². The van der Waals surface area contributed by atoms with Crippen LogP contribution in [0.25, 0.3) is 0 Å². The molecular formula is C17H25N3O3S. The number of hydrazone groups is 1. The molecule has 0 aliphatic carbocycles. The number of rotatable bonds is 6. The maximum absolute atomic E-state index is 12.2. The Balaban J connectivity index is 1.90. The summed E-state index contributed by atoms with van der Waals surface area (Å²) in [6.45, 7) is 4.44. The lowest BCUT2D eigenvalue weighted by molar-refractivity contribution is -0.126. The molecule has 1 atom stereocenters. The molecule has 6 nitrogen and oxygen atoms in total. The van der Waals surface area contributed by atoms with Crippen molar-refractivity contribution in [2.45, 2.75) is 33.1 Å². The lowest BCUT2D eigenvalue weighted by Gasteiger charge is -2.30. The molecule has 1 aliphatic rings. The molecule has 1 N–H and O–H groups in total. The van der Waals surface area contributed by atoms with Crippen LogP contribution in [0.3, 0.4) is 0 Å². The molecule has 7 heteroatoms. The first-order valence-electron chi connectivity index (χ1n) is 8.36. The van der Waals surface area contributed by atoms with E-state index in [0.29, 0.717) is 19.4 Å². The van der Waals surface area contributed by atoms with Crippen LogP contribution in [-0.2, 0) is 21.2 Å². The normalized spacial score (nSPS) is 19.5. The number of sulfonamides is 1. The third kappa shape index (κ3) is 4.88. The van der Waals surface area contributed by atoms with Crippen LogP contribution in [0.15, 0.2) is 29.4 Å². The summed E-state index contributed by atoms with van der Waals surface area (Å²) in [5.74, 6) is -0.514. The first kappa shape index (κ1) is 18.6. The highest BCUT2D eigenvalue weighted by molar-refractivity contribution is 7.89. The second-order valence-corrected chi connectivity index (χ2v) is 8.18. The Kier molecular flexibility index (Phi) is 6.51. The average molecular weight is 351 g/mol. The first-order chi connectivity index (χ1) is 11.5. The van der Waals surface area contributed by atoms with Gasteiger partial charge < -0.3 is 0 Å². The monoisotopic (exact) mass is 351 g/mol. The molecule has 1 aromatic carbocycles. The van der Waals surface area contributed by atoms with Gasteiger partial charge in [0.05, 0.1) is 17.9 Å². The van der Waals surface area contributed by atoms with Gasteiger partial charge in [-0.25, -0.2) is 18.1 Å². The highest BCUT2D eigenvalue weighted by Crippen LogP contribution is 2.19. The molecule has 0 spiro atoms. The van der Waals surface area contributed by atoms with E-state index in [1.165, 1.54) is 9.87 Å². The van der Waals surface area contributed by atoms with Gasteiger partial charge in [-0.05, 0) is 37.3 Å². The van der Waals surface area contributed by atoms with Crippen LogP contribution in [-0.4, -0.2) is 43.7 Å². The topological polar surface area (TPSA) is 78.8 Å². The van der Waals surface area contributed by atoms with E-state index in [-0.39, 0.29) is 24.1 Å². The van der Waals surface area contributed by atoms with Gasteiger partial charge in [0, 0.05) is 13.1 Å². The Labute approximate surface area is 144 Å². The highest BCUT2D eigenvalue weighted by atomic mass is 32.2. The van der Waals surface area contributed by atoms with Gasteiger partial charge in [-0.3, -0.25) is 4.79 Å². The molecule has 0 radical (unpaired) electrons. The third-order valence-corrected chi connectivity index (χ3v) is 6.14. The number of nitrogens with one attached hydrogen (secondary N) is 1. The average Bonchev–Trinajstić information content (AvgIpc) is 2.62. The number of aryl methyl sites for hydroxylation is 1. The lowest BCUT2D eigenvalue weighted by atomic mass is 9.99. The van der Waals surface area contributed by atoms with Crippen LogP contribution < -0.4 is 5.43 Å². The minimum Gasteiger partial charge on any atom is -0.273 e. The second kappa shape index (κ2) is 8.39. The van der Waals surface area contributed by atoms with Crippen molar-refractivity contribution in [1.29, 1.82) is 0 Å². The zero-order chi connectivity index (χ0) is 17.6. The van der Waals surface area contributed by atoms with E-state index in [1.807, 2.05) is 24.3 Å². The van der Waals surface area contributed by atoms with E-state index < -0.39 is 10.0 Å². The summed E-state index contributed by atoms with van der Waals surface area (Å²) in [5, 5.41) is 3.99. The van der Waals surface area contributed by atoms with E-state index in [1.54, 1.807) is 13.1 Å². The van der Waals surface area contributed by atoms with Crippen LogP contribution in [0, 0.1) is 5.92 Å². The number of benzene rings is 1. The van der Waals surface area contributed by atoms with Gasteiger partial charge in [0.15, 0.2) is 0 Å². The minimum atomic E-state index is -3.24. The summed E-state index contributed by atoms with van der Waals surface area (Å²) < 4.78 is 25.3. The fourth-order valence-corrected chi connectivity index (χ4v) is 3.87. The Hall–Kier alpha value is -1.73. The van der Waals surface area contributed by atoms with Gasteiger partial charge in [-0.2, -0.15) is 5.10 Å². The Morgan fingerprint density at radius 1 is 1.33 bits per heavy atom. The van der Waals surface area contributed by atoms with Crippen molar-refractivity contribution in [3.8, 4) is 0 Å². The van der Waals surface area contributed by atoms with Crippen molar-refractivity contribution >= 4 is 22.1 Å². The molecule has 1 aromatic rings. The maximum atomic E-state index is 12.2. The Morgan fingerprint density at radius 2 is 2.04 bits per heavy atom.